The van der Waals surface area contributed by atoms with Crippen molar-refractivity contribution < 1.29 is 19.1 Å². The van der Waals surface area contributed by atoms with E-state index in [4.69, 9.17) is 21.7 Å². The second-order valence-corrected chi connectivity index (χ2v) is 9.67. The van der Waals surface area contributed by atoms with Crippen LogP contribution in [0, 0.1) is 0 Å². The van der Waals surface area contributed by atoms with Crippen molar-refractivity contribution in [2.75, 3.05) is 20.4 Å². The highest BCUT2D eigenvalue weighted by molar-refractivity contribution is 8.26. The van der Waals surface area contributed by atoms with Gasteiger partial charge in [0.2, 0.25) is 12.7 Å². The number of thiocarbonyl (C=S) groups is 1. The van der Waals surface area contributed by atoms with Gasteiger partial charge in [-0.1, -0.05) is 66.8 Å². The van der Waals surface area contributed by atoms with Gasteiger partial charge in [0, 0.05) is 26.6 Å². The van der Waals surface area contributed by atoms with E-state index in [1.165, 1.54) is 11.8 Å². The first-order valence-electron chi connectivity index (χ1n) is 10.9. The number of hydrogen-bond acceptors (Lipinski definition) is 6. The van der Waals surface area contributed by atoms with Crippen LogP contribution in [0.3, 0.4) is 0 Å². The van der Waals surface area contributed by atoms with Crippen LogP contribution in [0.1, 0.15) is 36.8 Å². The first-order valence-corrected chi connectivity index (χ1v) is 12.2. The highest BCUT2D eigenvalue weighted by atomic mass is 32.2. The standard InChI is InChI=1S/C25H26N2O4S2/c1-26(16-18-8-4-2-5-9-18)23(28)10-6-3-7-13-27-24(29)22(33-25(27)32)15-19-11-12-20-21(14-19)31-17-30-20/h2,4-5,8-9,11-12,14-15H,3,6-7,10,13,16-17H2,1H3. The first-order chi connectivity index (χ1) is 16.0. The van der Waals surface area contributed by atoms with Gasteiger partial charge in [0.25, 0.3) is 5.91 Å². The van der Waals surface area contributed by atoms with Gasteiger partial charge in [-0.05, 0) is 42.2 Å². The molecule has 2 aliphatic rings. The summed E-state index contributed by atoms with van der Waals surface area (Å²) in [5.41, 5.74) is 1.99. The monoisotopic (exact) mass is 482 g/mol. The number of unbranched alkanes of at least 4 members (excludes halogenated alkanes) is 2. The van der Waals surface area contributed by atoms with Crippen molar-refractivity contribution in [1.82, 2.24) is 9.80 Å². The van der Waals surface area contributed by atoms with Crippen LogP contribution in [0.15, 0.2) is 53.4 Å². The number of carbonyl (C=O) groups is 2. The molecule has 4 rings (SSSR count). The molecule has 8 heteroatoms. The van der Waals surface area contributed by atoms with E-state index in [-0.39, 0.29) is 18.6 Å². The van der Waals surface area contributed by atoms with Crippen LogP contribution in [0.5, 0.6) is 11.5 Å². The van der Waals surface area contributed by atoms with E-state index in [0.717, 1.165) is 30.4 Å². The first kappa shape index (κ1) is 23.3. The third-order valence-corrected chi connectivity index (χ3v) is 6.91. The Morgan fingerprint density at radius 3 is 2.73 bits per heavy atom. The van der Waals surface area contributed by atoms with Crippen molar-refractivity contribution in [1.29, 1.82) is 0 Å². The molecule has 0 aliphatic carbocycles. The molecule has 0 unspecified atom stereocenters. The summed E-state index contributed by atoms with van der Waals surface area (Å²) in [5, 5.41) is 0. The largest absolute Gasteiger partial charge is 0.454 e. The van der Waals surface area contributed by atoms with Gasteiger partial charge in [0.1, 0.15) is 4.32 Å². The van der Waals surface area contributed by atoms with Crippen molar-refractivity contribution >= 4 is 46.2 Å². The fraction of sp³-hybridized carbons (Fsp3) is 0.320. The number of amides is 2. The van der Waals surface area contributed by atoms with Gasteiger partial charge in [0.05, 0.1) is 4.91 Å². The number of ether oxygens (including phenoxy) is 2. The van der Waals surface area contributed by atoms with Gasteiger partial charge >= 0.3 is 0 Å². The summed E-state index contributed by atoms with van der Waals surface area (Å²) in [4.78, 5) is 29.2. The van der Waals surface area contributed by atoms with Crippen molar-refractivity contribution in [2.45, 2.75) is 32.2 Å². The zero-order valence-corrected chi connectivity index (χ0v) is 20.1. The highest BCUT2D eigenvalue weighted by Crippen LogP contribution is 2.36. The second kappa shape index (κ2) is 10.9. The maximum Gasteiger partial charge on any atom is 0.266 e. The Morgan fingerprint density at radius 1 is 1.12 bits per heavy atom. The lowest BCUT2D eigenvalue weighted by Gasteiger charge is -2.17. The fourth-order valence-electron chi connectivity index (χ4n) is 3.71. The summed E-state index contributed by atoms with van der Waals surface area (Å²) in [6.07, 6.45) is 4.80. The summed E-state index contributed by atoms with van der Waals surface area (Å²) in [6.45, 7) is 1.40. The summed E-state index contributed by atoms with van der Waals surface area (Å²) in [7, 11) is 1.84. The van der Waals surface area contributed by atoms with Gasteiger partial charge < -0.3 is 14.4 Å². The van der Waals surface area contributed by atoms with Crippen LogP contribution < -0.4 is 9.47 Å². The Hall–Kier alpha value is -2.84. The van der Waals surface area contributed by atoms with Crippen LogP contribution in [-0.4, -0.2) is 46.3 Å². The van der Waals surface area contributed by atoms with Gasteiger partial charge in [-0.3, -0.25) is 14.5 Å². The maximum atomic E-state index is 12.8. The molecule has 172 valence electrons. The Morgan fingerprint density at radius 2 is 1.91 bits per heavy atom. The molecule has 0 bridgehead atoms. The SMILES string of the molecule is CN(Cc1ccccc1)C(=O)CCCCCN1C(=O)C(=Cc2ccc3c(c2)OCO3)SC1=S. The Kier molecular flexibility index (Phi) is 7.67. The van der Waals surface area contributed by atoms with Gasteiger partial charge in [-0.2, -0.15) is 0 Å². The molecule has 2 aromatic carbocycles. The summed E-state index contributed by atoms with van der Waals surface area (Å²) in [5.74, 6) is 1.46. The number of hydrogen-bond donors (Lipinski definition) is 0. The number of fused-ring (bicyclic) bond motifs is 1. The molecule has 1 fully saturated rings. The number of nitrogens with zero attached hydrogens (tertiary/aromatic N) is 2. The van der Waals surface area contributed by atoms with Crippen LogP contribution in [-0.2, 0) is 16.1 Å². The molecule has 33 heavy (non-hydrogen) atoms. The van der Waals surface area contributed by atoms with Crippen molar-refractivity contribution in [3.8, 4) is 11.5 Å². The van der Waals surface area contributed by atoms with Crippen molar-refractivity contribution in [3.05, 3.63) is 64.6 Å². The van der Waals surface area contributed by atoms with Crippen LogP contribution >= 0.6 is 24.0 Å². The van der Waals surface area contributed by atoms with E-state index in [1.54, 1.807) is 9.80 Å². The average Bonchev–Trinajstić information content (AvgIpc) is 3.38. The van der Waals surface area contributed by atoms with E-state index < -0.39 is 0 Å². The molecule has 0 saturated carbocycles. The number of carbonyl (C=O) groups excluding carboxylic acids is 2. The lowest BCUT2D eigenvalue weighted by atomic mass is 10.1. The normalized spacial score (nSPS) is 16.0. The molecule has 2 aliphatic heterocycles. The summed E-state index contributed by atoms with van der Waals surface area (Å²) < 4.78 is 11.3. The zero-order chi connectivity index (χ0) is 23.2. The number of thioether (sulfide) groups is 1. The molecule has 2 aromatic rings. The number of benzene rings is 2. The summed E-state index contributed by atoms with van der Waals surface area (Å²) in [6, 6.07) is 15.6. The molecule has 2 heterocycles. The van der Waals surface area contributed by atoms with Gasteiger partial charge in [0.15, 0.2) is 11.5 Å². The Balaban J connectivity index is 1.21. The van der Waals surface area contributed by atoms with Gasteiger partial charge in [-0.25, -0.2) is 0 Å². The van der Waals surface area contributed by atoms with E-state index in [9.17, 15) is 9.59 Å². The van der Waals surface area contributed by atoms with E-state index in [0.29, 0.717) is 40.2 Å². The molecule has 0 spiro atoms. The second-order valence-electron chi connectivity index (χ2n) is 7.99. The van der Waals surface area contributed by atoms with Crippen LogP contribution in [0.2, 0.25) is 0 Å². The Labute approximate surface area is 203 Å². The molecule has 6 nitrogen and oxygen atoms in total. The molecule has 2 amide bonds. The van der Waals surface area contributed by atoms with E-state index in [1.807, 2.05) is 61.7 Å². The van der Waals surface area contributed by atoms with Crippen molar-refractivity contribution in [2.24, 2.45) is 0 Å². The molecule has 0 aromatic heterocycles. The Bertz CT molecular complexity index is 1070. The summed E-state index contributed by atoms with van der Waals surface area (Å²) >= 11 is 6.75. The molecular weight excluding hydrogens is 456 g/mol. The molecule has 0 radical (unpaired) electrons. The molecule has 0 N–H and O–H groups in total. The maximum absolute atomic E-state index is 12.8. The molecule has 0 atom stereocenters. The van der Waals surface area contributed by atoms with E-state index in [2.05, 4.69) is 0 Å². The van der Waals surface area contributed by atoms with Crippen molar-refractivity contribution in [3.63, 3.8) is 0 Å². The van der Waals surface area contributed by atoms with E-state index >= 15 is 0 Å². The minimum absolute atomic E-state index is 0.0682. The topological polar surface area (TPSA) is 59.1 Å². The predicted molar refractivity (Wildman–Crippen MR) is 134 cm³/mol. The van der Waals surface area contributed by atoms with Gasteiger partial charge in [-0.15, -0.1) is 0 Å². The molecular formula is C25H26N2O4S2. The van der Waals surface area contributed by atoms with Crippen LogP contribution in [0.25, 0.3) is 6.08 Å². The lowest BCUT2D eigenvalue weighted by Crippen LogP contribution is -2.29. The zero-order valence-electron chi connectivity index (χ0n) is 18.5. The lowest BCUT2D eigenvalue weighted by molar-refractivity contribution is -0.130. The third kappa shape index (κ3) is 5.94. The fourth-order valence-corrected chi connectivity index (χ4v) is 5.01. The third-order valence-electron chi connectivity index (χ3n) is 5.53. The average molecular weight is 483 g/mol. The number of rotatable bonds is 9. The minimum atomic E-state index is -0.0682. The smallest absolute Gasteiger partial charge is 0.266 e. The minimum Gasteiger partial charge on any atom is -0.454 e. The quantitative estimate of drug-likeness (QED) is 0.290. The highest BCUT2D eigenvalue weighted by Gasteiger charge is 2.31. The predicted octanol–water partition coefficient (Wildman–Crippen LogP) is 4.84. The molecule has 1 saturated heterocycles. The van der Waals surface area contributed by atoms with Crippen LogP contribution in [0.4, 0.5) is 0 Å².